The van der Waals surface area contributed by atoms with E-state index in [9.17, 15) is 23.6 Å². The molecule has 328 valence electrons. The van der Waals surface area contributed by atoms with Gasteiger partial charge in [-0.25, -0.2) is 22.7 Å². The molecule has 4 saturated heterocycles. The SMILES string of the molecule is CNc1cc(-c2ccc(CN3CCC(N4CCC5(CCN(C(=O)c6ccc(Cl)c(C7CCC(=O)NC7=O)c6)CC5)CC4)C(F)(F)C3)cc2)nn2c(C(=O)NCC3C[C@@H]3F)cnc12. The summed E-state index contributed by atoms with van der Waals surface area (Å²) in [6.45, 7) is 3.22. The van der Waals surface area contributed by atoms with E-state index in [1.54, 1.807) is 25.2 Å². The van der Waals surface area contributed by atoms with Crippen molar-refractivity contribution in [2.45, 2.75) is 82.0 Å². The van der Waals surface area contributed by atoms with Crippen molar-refractivity contribution >= 4 is 46.6 Å². The van der Waals surface area contributed by atoms with Crippen LogP contribution in [0.15, 0.2) is 54.7 Å². The molecule has 4 aliphatic heterocycles. The highest BCUT2D eigenvalue weighted by Gasteiger charge is 2.50. The van der Waals surface area contributed by atoms with Crippen molar-refractivity contribution in [3.63, 3.8) is 0 Å². The van der Waals surface area contributed by atoms with Gasteiger partial charge < -0.3 is 15.5 Å². The molecule has 62 heavy (non-hydrogen) atoms. The van der Waals surface area contributed by atoms with Gasteiger partial charge in [0.2, 0.25) is 11.8 Å². The number of benzene rings is 2. The maximum atomic E-state index is 16.0. The molecule has 0 radical (unpaired) electrons. The highest BCUT2D eigenvalue weighted by molar-refractivity contribution is 6.32. The van der Waals surface area contributed by atoms with Gasteiger partial charge in [-0.05, 0) is 98.8 Å². The van der Waals surface area contributed by atoms with E-state index >= 15 is 8.78 Å². The van der Waals surface area contributed by atoms with Crippen LogP contribution in [0.25, 0.3) is 16.9 Å². The fourth-order valence-corrected chi connectivity index (χ4v) is 10.2. The molecule has 5 fully saturated rings. The number of amides is 4. The number of fused-ring (bicyclic) bond motifs is 1. The van der Waals surface area contributed by atoms with Gasteiger partial charge in [0.15, 0.2) is 11.3 Å². The number of halogens is 4. The van der Waals surface area contributed by atoms with Crippen LogP contribution in [0.2, 0.25) is 5.02 Å². The molecule has 0 bridgehead atoms. The number of nitrogens with one attached hydrogen (secondary N) is 3. The molecular formula is C45H51ClF3N9O4. The third kappa shape index (κ3) is 8.52. The van der Waals surface area contributed by atoms with Crippen molar-refractivity contribution in [3.8, 4) is 11.3 Å². The summed E-state index contributed by atoms with van der Waals surface area (Å²) in [4.78, 5) is 60.8. The second kappa shape index (κ2) is 16.9. The fourth-order valence-electron chi connectivity index (χ4n) is 9.92. The quantitative estimate of drug-likeness (QED) is 0.165. The van der Waals surface area contributed by atoms with Gasteiger partial charge >= 0.3 is 0 Å². The number of hydrogen-bond donors (Lipinski definition) is 3. The van der Waals surface area contributed by atoms with Crippen molar-refractivity contribution in [1.82, 2.24) is 39.9 Å². The summed E-state index contributed by atoms with van der Waals surface area (Å²) in [7, 11) is 1.76. The molecule has 4 aromatic rings. The molecule has 13 nitrogen and oxygen atoms in total. The Hall–Kier alpha value is -5.06. The first-order chi connectivity index (χ1) is 29.8. The van der Waals surface area contributed by atoms with Crippen molar-refractivity contribution in [3.05, 3.63) is 82.1 Å². The number of rotatable bonds is 10. The van der Waals surface area contributed by atoms with Crippen molar-refractivity contribution < 1.29 is 32.3 Å². The molecule has 1 spiro atoms. The zero-order chi connectivity index (χ0) is 43.3. The van der Waals surface area contributed by atoms with E-state index < -0.39 is 30.0 Å². The summed E-state index contributed by atoms with van der Waals surface area (Å²) in [6.07, 6.45) is 5.20. The highest BCUT2D eigenvalue weighted by Crippen LogP contribution is 2.44. The third-order valence-electron chi connectivity index (χ3n) is 13.9. The van der Waals surface area contributed by atoms with E-state index in [4.69, 9.17) is 16.7 Å². The topological polar surface area (TPSA) is 144 Å². The summed E-state index contributed by atoms with van der Waals surface area (Å²) in [6, 6.07) is 13.7. The lowest BCUT2D eigenvalue weighted by atomic mass is 9.70. The number of nitrogens with zero attached hydrogens (tertiary/aromatic N) is 6. The van der Waals surface area contributed by atoms with Crippen LogP contribution in [0.5, 0.6) is 0 Å². The highest BCUT2D eigenvalue weighted by atomic mass is 35.5. The van der Waals surface area contributed by atoms with Gasteiger partial charge in [0.1, 0.15) is 6.17 Å². The molecule has 1 aliphatic carbocycles. The Morgan fingerprint density at radius 2 is 1.69 bits per heavy atom. The smallest absolute Gasteiger partial charge is 0.275 e. The molecule has 1 saturated carbocycles. The summed E-state index contributed by atoms with van der Waals surface area (Å²) in [5, 5.41) is 13.4. The minimum atomic E-state index is -2.88. The normalized spacial score (nSPS) is 25.1. The predicted molar refractivity (Wildman–Crippen MR) is 227 cm³/mol. The maximum absolute atomic E-state index is 16.0. The van der Waals surface area contributed by atoms with Crippen LogP contribution in [0.1, 0.15) is 89.3 Å². The molecule has 9 rings (SSSR count). The van der Waals surface area contributed by atoms with Crippen molar-refractivity contribution in [2.24, 2.45) is 11.3 Å². The lowest BCUT2D eigenvalue weighted by Gasteiger charge is -2.51. The van der Waals surface area contributed by atoms with Gasteiger partial charge in [-0.1, -0.05) is 35.9 Å². The number of piperidine rings is 4. The minimum Gasteiger partial charge on any atom is -0.385 e. The second-order valence-corrected chi connectivity index (χ2v) is 18.2. The number of likely N-dealkylation sites (tertiary alicyclic amines) is 3. The van der Waals surface area contributed by atoms with Gasteiger partial charge in [0.05, 0.1) is 36.1 Å². The molecule has 3 N–H and O–H groups in total. The Kier molecular flexibility index (Phi) is 11.5. The van der Waals surface area contributed by atoms with Gasteiger partial charge in [0, 0.05) is 68.3 Å². The maximum Gasteiger partial charge on any atom is 0.275 e. The third-order valence-corrected chi connectivity index (χ3v) is 14.2. The van der Waals surface area contributed by atoms with Gasteiger partial charge in [-0.3, -0.25) is 34.3 Å². The average molecular weight is 874 g/mol. The number of imidazole rings is 1. The van der Waals surface area contributed by atoms with Gasteiger partial charge in [-0.2, -0.15) is 5.10 Å². The number of aromatic nitrogens is 3. The van der Waals surface area contributed by atoms with Crippen LogP contribution in [0, 0.1) is 11.3 Å². The summed E-state index contributed by atoms with van der Waals surface area (Å²) >= 11 is 6.45. The van der Waals surface area contributed by atoms with Gasteiger partial charge in [-0.15, -0.1) is 0 Å². The Labute approximate surface area is 362 Å². The average Bonchev–Trinajstić information content (AvgIpc) is 3.80. The van der Waals surface area contributed by atoms with Crippen molar-refractivity contribution in [1.29, 1.82) is 0 Å². The standard InChI is InChI=1S/C45H51ClF3N9O4/c1-50-36-22-35(54-58-37(24-51-40(36)58)42(61)52-23-30-21-34(30)47)28-4-2-27(3-5-28)25-55-15-10-38(45(48,49)26-55)56-16-11-44(12-17-56)13-18-57(19-14-44)43(62)29-6-8-33(46)32(20-29)31-7-9-39(59)53-41(31)60/h2-6,8,20,22,24,30-31,34,38,50H,7,9-19,21,23,25-26H2,1H3,(H,52,61)(H,53,59,60)/t30?,31?,34-,38?/m0/s1. The van der Waals surface area contributed by atoms with E-state index in [1.165, 1.54) is 10.7 Å². The fraction of sp³-hybridized carbons (Fsp3) is 0.511. The van der Waals surface area contributed by atoms with E-state index in [1.807, 2.05) is 45.0 Å². The Morgan fingerprint density at radius 1 is 0.968 bits per heavy atom. The Morgan fingerprint density at radius 3 is 2.37 bits per heavy atom. The van der Waals surface area contributed by atoms with Crippen LogP contribution in [0.4, 0.5) is 18.9 Å². The lowest BCUT2D eigenvalue weighted by molar-refractivity contribution is -0.139. The number of hydrogen-bond acceptors (Lipinski definition) is 9. The molecule has 3 unspecified atom stereocenters. The first kappa shape index (κ1) is 42.3. The number of imide groups is 1. The molecule has 4 atom stereocenters. The monoisotopic (exact) mass is 873 g/mol. The molecule has 5 aliphatic rings. The number of alkyl halides is 3. The van der Waals surface area contributed by atoms with Crippen LogP contribution in [-0.2, 0) is 16.1 Å². The van der Waals surface area contributed by atoms with Crippen molar-refractivity contribution in [2.75, 3.05) is 58.2 Å². The van der Waals surface area contributed by atoms with Crippen LogP contribution in [-0.4, -0.2) is 124 Å². The second-order valence-electron chi connectivity index (χ2n) is 17.8. The van der Waals surface area contributed by atoms with E-state index in [2.05, 4.69) is 20.9 Å². The predicted octanol–water partition coefficient (Wildman–Crippen LogP) is 5.93. The van der Waals surface area contributed by atoms with Crippen LogP contribution >= 0.6 is 11.6 Å². The molecule has 4 amide bonds. The van der Waals surface area contributed by atoms with Crippen LogP contribution in [0.3, 0.4) is 0 Å². The number of carbonyl (C=O) groups is 4. The largest absolute Gasteiger partial charge is 0.385 e. The van der Waals surface area contributed by atoms with Gasteiger partial charge in [0.25, 0.3) is 17.7 Å². The van der Waals surface area contributed by atoms with E-state index in [0.717, 1.165) is 36.8 Å². The molecular weight excluding hydrogens is 823 g/mol. The Balaban J connectivity index is 0.769. The number of carbonyl (C=O) groups excluding carboxylic acids is 4. The Bertz CT molecular complexity index is 2380. The van der Waals surface area contributed by atoms with E-state index in [-0.39, 0.29) is 54.3 Å². The summed E-state index contributed by atoms with van der Waals surface area (Å²) < 4.78 is 46.8. The molecule has 2 aromatic heterocycles. The first-order valence-electron chi connectivity index (χ1n) is 21.6. The molecule has 2 aromatic carbocycles. The van der Waals surface area contributed by atoms with E-state index in [0.29, 0.717) is 91.7 Å². The summed E-state index contributed by atoms with van der Waals surface area (Å²) in [5.74, 6) is -4.85. The van der Waals surface area contributed by atoms with Crippen LogP contribution < -0.4 is 16.0 Å². The first-order valence-corrected chi connectivity index (χ1v) is 22.0. The molecule has 6 heterocycles. The summed E-state index contributed by atoms with van der Waals surface area (Å²) in [5.41, 5.74) is 4.71. The zero-order valence-electron chi connectivity index (χ0n) is 34.6. The lowest BCUT2D eigenvalue weighted by Crippen LogP contribution is -2.60. The molecule has 17 heteroatoms. The zero-order valence-corrected chi connectivity index (χ0v) is 35.4. The minimum absolute atomic E-state index is 0.00983. The number of anilines is 1.